The van der Waals surface area contributed by atoms with Crippen LogP contribution in [0.5, 0.6) is 0 Å². The molecule has 0 bridgehead atoms. The minimum absolute atomic E-state index is 0.153. The Morgan fingerprint density at radius 1 is 1.50 bits per heavy atom. The zero-order valence-electron chi connectivity index (χ0n) is 11.5. The fourth-order valence-electron chi connectivity index (χ4n) is 1.80. The highest BCUT2D eigenvalue weighted by molar-refractivity contribution is 7.99. The normalized spacial score (nSPS) is 10.5. The lowest BCUT2D eigenvalue weighted by Gasteiger charge is -2.05. The van der Waals surface area contributed by atoms with Gasteiger partial charge in [0.25, 0.3) is 5.91 Å². The standard InChI is InChI=1S/C14H17N3O2S/c1-3-20-8-7-16-14(18)12-10(2)17-19-13(12)11-5-4-6-15-9-11/h4-6,9H,3,7-8H2,1-2H3,(H,16,18). The second kappa shape index (κ2) is 7.09. The van der Waals surface area contributed by atoms with Gasteiger partial charge in [-0.2, -0.15) is 11.8 Å². The summed E-state index contributed by atoms with van der Waals surface area (Å²) in [5.41, 5.74) is 1.82. The SMILES string of the molecule is CCSCCNC(=O)c1c(C)noc1-c1cccnc1. The average molecular weight is 291 g/mol. The van der Waals surface area contributed by atoms with Crippen molar-refractivity contribution in [3.63, 3.8) is 0 Å². The van der Waals surface area contributed by atoms with Crippen LogP contribution in [0.1, 0.15) is 23.0 Å². The highest BCUT2D eigenvalue weighted by Gasteiger charge is 2.21. The number of nitrogens with zero attached hydrogens (tertiary/aromatic N) is 2. The first-order chi connectivity index (χ1) is 9.74. The molecule has 0 unspecified atom stereocenters. The van der Waals surface area contributed by atoms with Crippen molar-refractivity contribution in [1.82, 2.24) is 15.5 Å². The first-order valence-electron chi connectivity index (χ1n) is 6.46. The van der Waals surface area contributed by atoms with Crippen LogP contribution in [-0.4, -0.2) is 34.1 Å². The van der Waals surface area contributed by atoms with Gasteiger partial charge in [0.15, 0.2) is 5.76 Å². The van der Waals surface area contributed by atoms with Crippen LogP contribution in [0.15, 0.2) is 29.0 Å². The number of carbonyl (C=O) groups is 1. The summed E-state index contributed by atoms with van der Waals surface area (Å²) < 4.78 is 5.27. The largest absolute Gasteiger partial charge is 0.355 e. The Labute approximate surface area is 122 Å². The van der Waals surface area contributed by atoms with E-state index in [4.69, 9.17) is 4.52 Å². The number of aryl methyl sites for hydroxylation is 1. The molecule has 2 aromatic heterocycles. The lowest BCUT2D eigenvalue weighted by Crippen LogP contribution is -2.26. The summed E-state index contributed by atoms with van der Waals surface area (Å²) in [7, 11) is 0. The third kappa shape index (κ3) is 3.39. The molecule has 0 fully saturated rings. The van der Waals surface area contributed by atoms with E-state index < -0.39 is 0 Å². The van der Waals surface area contributed by atoms with Crippen LogP contribution in [0, 0.1) is 6.92 Å². The van der Waals surface area contributed by atoms with Gasteiger partial charge in [0.1, 0.15) is 5.56 Å². The monoisotopic (exact) mass is 291 g/mol. The molecule has 0 radical (unpaired) electrons. The molecule has 0 aromatic carbocycles. The Morgan fingerprint density at radius 3 is 3.05 bits per heavy atom. The molecule has 0 saturated heterocycles. The minimum atomic E-state index is -0.153. The summed E-state index contributed by atoms with van der Waals surface area (Å²) >= 11 is 1.79. The van der Waals surface area contributed by atoms with Crippen molar-refractivity contribution in [3.05, 3.63) is 35.8 Å². The van der Waals surface area contributed by atoms with E-state index in [1.807, 2.05) is 6.07 Å². The van der Waals surface area contributed by atoms with Gasteiger partial charge in [0.05, 0.1) is 5.69 Å². The van der Waals surface area contributed by atoms with Crippen LogP contribution >= 0.6 is 11.8 Å². The zero-order valence-corrected chi connectivity index (χ0v) is 12.4. The third-order valence-electron chi connectivity index (χ3n) is 2.75. The van der Waals surface area contributed by atoms with E-state index in [0.29, 0.717) is 23.6 Å². The van der Waals surface area contributed by atoms with Crippen molar-refractivity contribution in [3.8, 4) is 11.3 Å². The Morgan fingerprint density at radius 2 is 2.35 bits per heavy atom. The van der Waals surface area contributed by atoms with Crippen molar-refractivity contribution in [2.24, 2.45) is 0 Å². The van der Waals surface area contributed by atoms with Gasteiger partial charge < -0.3 is 9.84 Å². The van der Waals surface area contributed by atoms with E-state index in [0.717, 1.165) is 17.1 Å². The summed E-state index contributed by atoms with van der Waals surface area (Å²) in [5.74, 6) is 2.26. The predicted octanol–water partition coefficient (Wildman–Crippen LogP) is 2.53. The van der Waals surface area contributed by atoms with Gasteiger partial charge in [-0.15, -0.1) is 0 Å². The van der Waals surface area contributed by atoms with Crippen LogP contribution in [0.2, 0.25) is 0 Å². The molecule has 2 aromatic rings. The van der Waals surface area contributed by atoms with Crippen molar-refractivity contribution in [2.45, 2.75) is 13.8 Å². The zero-order chi connectivity index (χ0) is 14.4. The molecule has 0 aliphatic rings. The molecule has 0 aliphatic carbocycles. The molecule has 6 heteroatoms. The predicted molar refractivity (Wildman–Crippen MR) is 79.8 cm³/mol. The molecular formula is C14H17N3O2S. The molecule has 1 amide bonds. The van der Waals surface area contributed by atoms with Gasteiger partial charge in [0, 0.05) is 30.3 Å². The molecule has 0 aliphatic heterocycles. The second-order valence-electron chi connectivity index (χ2n) is 4.17. The number of nitrogens with one attached hydrogen (secondary N) is 1. The van der Waals surface area contributed by atoms with Crippen LogP contribution < -0.4 is 5.32 Å². The summed E-state index contributed by atoms with van der Waals surface area (Å²) in [5, 5.41) is 6.78. The van der Waals surface area contributed by atoms with Crippen LogP contribution in [-0.2, 0) is 0 Å². The van der Waals surface area contributed by atoms with Gasteiger partial charge in [-0.25, -0.2) is 0 Å². The maximum atomic E-state index is 12.2. The summed E-state index contributed by atoms with van der Waals surface area (Å²) in [4.78, 5) is 16.3. The smallest absolute Gasteiger partial charge is 0.257 e. The van der Waals surface area contributed by atoms with E-state index in [1.54, 1.807) is 37.1 Å². The fourth-order valence-corrected chi connectivity index (χ4v) is 2.34. The number of rotatable bonds is 6. The average Bonchev–Trinajstić information content (AvgIpc) is 2.86. The Hall–Kier alpha value is -1.82. The quantitative estimate of drug-likeness (QED) is 0.828. The molecule has 106 valence electrons. The van der Waals surface area contributed by atoms with Gasteiger partial charge in [0.2, 0.25) is 0 Å². The number of hydrogen-bond acceptors (Lipinski definition) is 5. The van der Waals surface area contributed by atoms with Crippen molar-refractivity contribution < 1.29 is 9.32 Å². The lowest BCUT2D eigenvalue weighted by atomic mass is 10.1. The first-order valence-corrected chi connectivity index (χ1v) is 7.62. The summed E-state index contributed by atoms with van der Waals surface area (Å²) in [6, 6.07) is 3.64. The Bertz CT molecular complexity index is 569. The molecule has 0 saturated carbocycles. The number of amides is 1. The van der Waals surface area contributed by atoms with Crippen LogP contribution in [0.25, 0.3) is 11.3 Å². The number of carbonyl (C=O) groups excluding carboxylic acids is 1. The van der Waals surface area contributed by atoms with Crippen LogP contribution in [0.4, 0.5) is 0 Å². The molecule has 0 spiro atoms. The van der Waals surface area contributed by atoms with E-state index >= 15 is 0 Å². The van der Waals surface area contributed by atoms with E-state index in [1.165, 1.54) is 0 Å². The summed E-state index contributed by atoms with van der Waals surface area (Å²) in [6.45, 7) is 4.49. The molecular weight excluding hydrogens is 274 g/mol. The van der Waals surface area contributed by atoms with Crippen molar-refractivity contribution in [2.75, 3.05) is 18.1 Å². The third-order valence-corrected chi connectivity index (χ3v) is 3.65. The van der Waals surface area contributed by atoms with Gasteiger partial charge >= 0.3 is 0 Å². The molecule has 20 heavy (non-hydrogen) atoms. The second-order valence-corrected chi connectivity index (χ2v) is 5.56. The molecule has 0 atom stereocenters. The first kappa shape index (κ1) is 14.6. The number of aromatic nitrogens is 2. The number of thioether (sulfide) groups is 1. The maximum Gasteiger partial charge on any atom is 0.257 e. The van der Waals surface area contributed by atoms with Crippen molar-refractivity contribution >= 4 is 17.7 Å². The van der Waals surface area contributed by atoms with Gasteiger partial charge in [-0.1, -0.05) is 12.1 Å². The van der Waals surface area contributed by atoms with Crippen molar-refractivity contribution in [1.29, 1.82) is 0 Å². The number of pyridine rings is 1. The molecule has 2 rings (SSSR count). The maximum absolute atomic E-state index is 12.2. The molecule has 5 nitrogen and oxygen atoms in total. The summed E-state index contributed by atoms with van der Waals surface area (Å²) in [6.07, 6.45) is 3.33. The van der Waals surface area contributed by atoms with Crippen LogP contribution in [0.3, 0.4) is 0 Å². The van der Waals surface area contributed by atoms with Gasteiger partial charge in [-0.05, 0) is 24.8 Å². The highest BCUT2D eigenvalue weighted by Crippen LogP contribution is 2.25. The lowest BCUT2D eigenvalue weighted by molar-refractivity contribution is 0.0956. The van der Waals surface area contributed by atoms with E-state index in [2.05, 4.69) is 22.4 Å². The molecule has 2 heterocycles. The van der Waals surface area contributed by atoms with E-state index in [-0.39, 0.29) is 5.91 Å². The fraction of sp³-hybridized carbons (Fsp3) is 0.357. The minimum Gasteiger partial charge on any atom is -0.355 e. The van der Waals surface area contributed by atoms with Gasteiger partial charge in [-0.3, -0.25) is 9.78 Å². The highest BCUT2D eigenvalue weighted by atomic mass is 32.2. The Kier molecular flexibility index (Phi) is 5.17. The number of hydrogen-bond donors (Lipinski definition) is 1. The molecule has 1 N–H and O–H groups in total. The van der Waals surface area contributed by atoms with E-state index in [9.17, 15) is 4.79 Å². The Balaban J connectivity index is 2.15. The topological polar surface area (TPSA) is 68.0 Å².